The fourth-order valence-electron chi connectivity index (χ4n) is 2.96. The van der Waals surface area contributed by atoms with Gasteiger partial charge in [0.25, 0.3) is 0 Å². The van der Waals surface area contributed by atoms with E-state index in [4.69, 9.17) is 16.7 Å². The summed E-state index contributed by atoms with van der Waals surface area (Å²) in [4.78, 5) is 16.5. The molecule has 6 heteroatoms. The number of aromatic nitrogens is 1. The zero-order valence-electron chi connectivity index (χ0n) is 17.5. The zero-order chi connectivity index (χ0) is 20.9. The van der Waals surface area contributed by atoms with Crippen LogP contribution in [0.15, 0.2) is 30.5 Å². The molecule has 1 aromatic heterocycles. The van der Waals surface area contributed by atoms with E-state index in [0.29, 0.717) is 12.5 Å². The largest absolute Gasteiger partial charge is 0.481 e. The highest BCUT2D eigenvalue weighted by atomic mass is 35.5. The smallest absolute Gasteiger partial charge is 0.303 e. The zero-order valence-corrected chi connectivity index (χ0v) is 18.3. The van der Waals surface area contributed by atoms with Gasteiger partial charge in [0.15, 0.2) is 0 Å². The number of hydrogen-bond acceptors (Lipinski definition) is 4. The lowest BCUT2D eigenvalue weighted by molar-refractivity contribution is -0.137. The number of nitrogens with zero attached hydrogens (tertiary/aromatic N) is 2. The van der Waals surface area contributed by atoms with E-state index >= 15 is 0 Å². The van der Waals surface area contributed by atoms with Crippen LogP contribution in [-0.2, 0) is 4.79 Å². The topological polar surface area (TPSA) is 65.5 Å². The van der Waals surface area contributed by atoms with Crippen molar-refractivity contribution in [2.75, 3.05) is 25.0 Å². The predicted octanol–water partition coefficient (Wildman–Crippen LogP) is 5.68. The van der Waals surface area contributed by atoms with Crippen LogP contribution in [0.2, 0.25) is 5.02 Å². The Hall–Kier alpha value is -1.85. The Morgan fingerprint density at radius 1 is 1.25 bits per heavy atom. The predicted molar refractivity (Wildman–Crippen MR) is 119 cm³/mol. The summed E-state index contributed by atoms with van der Waals surface area (Å²) in [6.45, 7) is 12.0. The average Bonchev–Trinajstić information content (AvgIpc) is 2.65. The number of carboxylic acid groups (broad SMARTS) is 1. The molecule has 5 nitrogen and oxygen atoms in total. The van der Waals surface area contributed by atoms with Crippen LogP contribution in [0.5, 0.6) is 0 Å². The minimum atomic E-state index is -0.711. The lowest BCUT2D eigenvalue weighted by Gasteiger charge is -2.20. The first-order valence-corrected chi connectivity index (χ1v) is 10.5. The van der Waals surface area contributed by atoms with Crippen molar-refractivity contribution in [3.05, 3.63) is 35.5 Å². The van der Waals surface area contributed by atoms with Gasteiger partial charge in [0.2, 0.25) is 0 Å². The highest BCUT2D eigenvalue weighted by Crippen LogP contribution is 2.25. The van der Waals surface area contributed by atoms with Crippen LogP contribution in [0.25, 0.3) is 10.9 Å². The first-order valence-electron chi connectivity index (χ1n) is 10.2. The summed E-state index contributed by atoms with van der Waals surface area (Å²) in [6.07, 6.45) is 5.23. The highest BCUT2D eigenvalue weighted by molar-refractivity contribution is 6.31. The highest BCUT2D eigenvalue weighted by Gasteiger charge is 2.07. The Morgan fingerprint density at radius 3 is 2.54 bits per heavy atom. The van der Waals surface area contributed by atoms with Crippen molar-refractivity contribution in [2.45, 2.75) is 59.4 Å². The standard InChI is InChI=1S/C18H26ClN3.C4H8O2/c1-4-22(5-2)12-6-7-14(3)21-17-10-11-20-18-13-15(19)8-9-16(17)18;1-2-3-4(5)6/h8-11,13-14H,4-7,12H2,1-3H3,(H,20,21);2-3H2,1H3,(H,5,6). The second kappa shape index (κ2) is 13.3. The van der Waals surface area contributed by atoms with Crippen molar-refractivity contribution in [3.63, 3.8) is 0 Å². The van der Waals surface area contributed by atoms with Gasteiger partial charge in [-0.1, -0.05) is 32.4 Å². The van der Waals surface area contributed by atoms with Crippen molar-refractivity contribution >= 4 is 34.2 Å². The molecule has 1 unspecified atom stereocenters. The molecule has 0 saturated heterocycles. The number of hydrogen-bond donors (Lipinski definition) is 2. The average molecular weight is 408 g/mol. The number of rotatable bonds is 10. The lowest BCUT2D eigenvalue weighted by Crippen LogP contribution is -2.25. The molecule has 2 N–H and O–H groups in total. The normalized spacial score (nSPS) is 11.8. The van der Waals surface area contributed by atoms with E-state index in [2.05, 4.69) is 36.0 Å². The van der Waals surface area contributed by atoms with Gasteiger partial charge in [0, 0.05) is 34.8 Å². The summed E-state index contributed by atoms with van der Waals surface area (Å²) in [7, 11) is 0. The van der Waals surface area contributed by atoms with Crippen LogP contribution in [0.1, 0.15) is 53.4 Å². The Kier molecular flexibility index (Phi) is 11.5. The van der Waals surface area contributed by atoms with Gasteiger partial charge in [-0.25, -0.2) is 0 Å². The quantitative estimate of drug-likeness (QED) is 0.530. The Labute approximate surface area is 174 Å². The first kappa shape index (κ1) is 24.2. The number of aliphatic carboxylic acids is 1. The van der Waals surface area contributed by atoms with Crippen LogP contribution < -0.4 is 5.32 Å². The van der Waals surface area contributed by atoms with Gasteiger partial charge >= 0.3 is 5.97 Å². The van der Waals surface area contributed by atoms with Crippen LogP contribution in [0, 0.1) is 0 Å². The van der Waals surface area contributed by atoms with Crippen LogP contribution >= 0.6 is 11.6 Å². The summed E-state index contributed by atoms with van der Waals surface area (Å²) >= 11 is 6.04. The van der Waals surface area contributed by atoms with Crippen molar-refractivity contribution in [3.8, 4) is 0 Å². The SMILES string of the molecule is CCCC(=O)O.CCN(CC)CCCC(C)Nc1ccnc2cc(Cl)ccc12. The lowest BCUT2D eigenvalue weighted by atomic mass is 10.1. The molecule has 0 bridgehead atoms. The number of halogens is 1. The van der Waals surface area contributed by atoms with Crippen molar-refractivity contribution in [1.82, 2.24) is 9.88 Å². The molecule has 0 radical (unpaired) electrons. The molecule has 2 aromatic rings. The number of anilines is 1. The molecule has 156 valence electrons. The van der Waals surface area contributed by atoms with Crippen LogP contribution in [-0.4, -0.2) is 46.6 Å². The summed E-state index contributed by atoms with van der Waals surface area (Å²) in [5.41, 5.74) is 2.07. The molecule has 1 atom stereocenters. The summed E-state index contributed by atoms with van der Waals surface area (Å²) in [6, 6.07) is 8.35. The molecule has 0 aliphatic rings. The monoisotopic (exact) mass is 407 g/mol. The molecule has 0 fully saturated rings. The molecule has 0 spiro atoms. The third-order valence-electron chi connectivity index (χ3n) is 4.58. The maximum atomic E-state index is 9.60. The van der Waals surface area contributed by atoms with E-state index in [0.717, 1.165) is 47.5 Å². The molecule has 1 aromatic carbocycles. The molecule has 0 amide bonds. The number of carboxylic acids is 1. The van der Waals surface area contributed by atoms with E-state index in [-0.39, 0.29) is 0 Å². The van der Waals surface area contributed by atoms with E-state index in [1.165, 1.54) is 13.0 Å². The molecule has 0 saturated carbocycles. The van der Waals surface area contributed by atoms with Gasteiger partial charge in [-0.05, 0) is 70.1 Å². The molecule has 1 heterocycles. The molecule has 0 aliphatic carbocycles. The van der Waals surface area contributed by atoms with Crippen LogP contribution in [0.4, 0.5) is 5.69 Å². The van der Waals surface area contributed by atoms with Crippen LogP contribution in [0.3, 0.4) is 0 Å². The van der Waals surface area contributed by atoms with E-state index in [9.17, 15) is 4.79 Å². The second-order valence-corrected chi connectivity index (χ2v) is 7.31. The van der Waals surface area contributed by atoms with Gasteiger partial charge in [-0.2, -0.15) is 0 Å². The summed E-state index contributed by atoms with van der Waals surface area (Å²) < 4.78 is 0. The maximum absolute atomic E-state index is 9.60. The number of carbonyl (C=O) groups is 1. The molecular formula is C22H34ClN3O2. The number of benzene rings is 1. The number of fused-ring (bicyclic) bond motifs is 1. The van der Waals surface area contributed by atoms with E-state index < -0.39 is 5.97 Å². The number of nitrogens with one attached hydrogen (secondary N) is 1. The first-order chi connectivity index (χ1) is 13.4. The minimum Gasteiger partial charge on any atom is -0.481 e. The van der Waals surface area contributed by atoms with Crippen molar-refractivity contribution in [1.29, 1.82) is 0 Å². The van der Waals surface area contributed by atoms with Gasteiger partial charge in [0.1, 0.15) is 0 Å². The van der Waals surface area contributed by atoms with Gasteiger partial charge in [-0.3, -0.25) is 9.78 Å². The fourth-order valence-corrected chi connectivity index (χ4v) is 3.13. The van der Waals surface area contributed by atoms with Gasteiger partial charge < -0.3 is 15.3 Å². The Morgan fingerprint density at radius 2 is 1.96 bits per heavy atom. The Balaban J connectivity index is 0.000000568. The summed E-state index contributed by atoms with van der Waals surface area (Å²) in [5.74, 6) is -0.711. The summed E-state index contributed by atoms with van der Waals surface area (Å²) in [5, 5.41) is 13.4. The number of pyridine rings is 1. The minimum absolute atomic E-state index is 0.292. The van der Waals surface area contributed by atoms with E-state index in [1.54, 1.807) is 0 Å². The molecule has 0 aliphatic heterocycles. The molecule has 2 rings (SSSR count). The Bertz CT molecular complexity index is 720. The van der Waals surface area contributed by atoms with Crippen molar-refractivity contribution < 1.29 is 9.90 Å². The maximum Gasteiger partial charge on any atom is 0.303 e. The van der Waals surface area contributed by atoms with Gasteiger partial charge in [0.05, 0.1) is 5.52 Å². The van der Waals surface area contributed by atoms with Crippen molar-refractivity contribution in [2.24, 2.45) is 0 Å². The fraction of sp³-hybridized carbons (Fsp3) is 0.545. The third kappa shape index (κ3) is 8.89. The van der Waals surface area contributed by atoms with Gasteiger partial charge in [-0.15, -0.1) is 0 Å². The molecule has 28 heavy (non-hydrogen) atoms. The van der Waals surface area contributed by atoms with E-state index in [1.807, 2.05) is 37.4 Å². The second-order valence-electron chi connectivity index (χ2n) is 6.88. The third-order valence-corrected chi connectivity index (χ3v) is 4.81. The molecular weight excluding hydrogens is 374 g/mol.